The Morgan fingerprint density at radius 1 is 1.22 bits per heavy atom. The molecule has 1 aliphatic rings. The fraction of sp³-hybridized carbons (Fsp3) is 0.444. The van der Waals surface area contributed by atoms with Gasteiger partial charge in [-0.25, -0.2) is 0 Å². The van der Waals surface area contributed by atoms with Crippen LogP contribution in [0.2, 0.25) is 25.7 Å². The van der Waals surface area contributed by atoms with E-state index in [0.29, 0.717) is 6.73 Å². The van der Waals surface area contributed by atoms with Gasteiger partial charge in [-0.1, -0.05) is 31.8 Å². The van der Waals surface area contributed by atoms with Gasteiger partial charge in [0.2, 0.25) is 0 Å². The summed E-state index contributed by atoms with van der Waals surface area (Å²) in [7, 11) is -1.00. The second-order valence-corrected chi connectivity index (χ2v) is 13.0. The Labute approximate surface area is 139 Å². The third-order valence-electron chi connectivity index (χ3n) is 4.15. The van der Waals surface area contributed by atoms with E-state index in [1.54, 1.807) is 0 Å². The molecular weight excluding hydrogens is 302 g/mol. The molecule has 0 saturated carbocycles. The highest BCUT2D eigenvalue weighted by molar-refractivity contribution is 6.76. The standard InChI is InChI=1S/C18H27N3OSi/c1-23(2,3)13-12-22-15-20-10-5-11-21(14-20)18-7-4-6-17-16(18)8-9-19-17/h4-9,11,19H,10,12-15H2,1-3H3. The number of hydrogen-bond donors (Lipinski definition) is 1. The van der Waals surface area contributed by atoms with Crippen LogP contribution in [-0.2, 0) is 4.74 Å². The fourth-order valence-corrected chi connectivity index (χ4v) is 3.54. The van der Waals surface area contributed by atoms with Crippen LogP contribution >= 0.6 is 0 Å². The number of hydrogen-bond acceptors (Lipinski definition) is 3. The van der Waals surface area contributed by atoms with Gasteiger partial charge in [-0.15, -0.1) is 0 Å². The van der Waals surface area contributed by atoms with Crippen molar-refractivity contribution in [3.63, 3.8) is 0 Å². The smallest absolute Gasteiger partial charge is 0.101 e. The molecule has 23 heavy (non-hydrogen) atoms. The third kappa shape index (κ3) is 4.25. The lowest BCUT2D eigenvalue weighted by molar-refractivity contribution is 0.0411. The molecule has 0 amide bonds. The number of nitrogens with one attached hydrogen (secondary N) is 1. The summed E-state index contributed by atoms with van der Waals surface area (Å²) < 4.78 is 5.90. The Morgan fingerprint density at radius 2 is 2.09 bits per heavy atom. The molecule has 1 aromatic heterocycles. The van der Waals surface area contributed by atoms with E-state index in [9.17, 15) is 0 Å². The zero-order valence-electron chi connectivity index (χ0n) is 14.4. The van der Waals surface area contributed by atoms with Crippen LogP contribution in [-0.4, -0.2) is 44.5 Å². The van der Waals surface area contributed by atoms with Gasteiger partial charge in [0.05, 0.1) is 12.4 Å². The third-order valence-corrected chi connectivity index (χ3v) is 5.86. The van der Waals surface area contributed by atoms with Gasteiger partial charge in [0.15, 0.2) is 0 Å². The maximum absolute atomic E-state index is 5.90. The zero-order chi connectivity index (χ0) is 16.3. The van der Waals surface area contributed by atoms with Gasteiger partial charge in [0, 0.05) is 44.5 Å². The first-order valence-electron chi connectivity index (χ1n) is 8.32. The van der Waals surface area contributed by atoms with Crippen LogP contribution in [0, 0.1) is 0 Å². The summed E-state index contributed by atoms with van der Waals surface area (Å²) in [5.74, 6) is 0. The number of H-pyrrole nitrogens is 1. The summed E-state index contributed by atoms with van der Waals surface area (Å²) in [6, 6.07) is 9.76. The Balaban J connectivity index is 1.59. The maximum Gasteiger partial charge on any atom is 0.101 e. The predicted octanol–water partition coefficient (Wildman–Crippen LogP) is 4.07. The molecule has 4 nitrogen and oxygen atoms in total. The Hall–Kier alpha value is -1.56. The van der Waals surface area contributed by atoms with E-state index in [-0.39, 0.29) is 0 Å². The maximum atomic E-state index is 5.90. The normalized spacial score (nSPS) is 16.4. The number of benzene rings is 1. The number of aromatic nitrogens is 1. The summed E-state index contributed by atoms with van der Waals surface area (Å²) in [4.78, 5) is 7.90. The van der Waals surface area contributed by atoms with Gasteiger partial charge in [0.25, 0.3) is 0 Å². The molecule has 1 N–H and O–H groups in total. The first kappa shape index (κ1) is 16.3. The van der Waals surface area contributed by atoms with E-state index in [4.69, 9.17) is 4.74 Å². The van der Waals surface area contributed by atoms with Gasteiger partial charge >= 0.3 is 0 Å². The summed E-state index contributed by atoms with van der Waals surface area (Å²) in [5, 5.41) is 1.26. The van der Waals surface area contributed by atoms with Crippen LogP contribution in [0.1, 0.15) is 0 Å². The van der Waals surface area contributed by atoms with Crippen molar-refractivity contribution in [2.24, 2.45) is 0 Å². The highest BCUT2D eigenvalue weighted by atomic mass is 28.3. The molecule has 0 aliphatic carbocycles. The zero-order valence-corrected chi connectivity index (χ0v) is 15.4. The fourth-order valence-electron chi connectivity index (χ4n) is 2.79. The highest BCUT2D eigenvalue weighted by Gasteiger charge is 2.17. The molecule has 0 spiro atoms. The minimum Gasteiger partial charge on any atom is -0.366 e. The van der Waals surface area contributed by atoms with Crippen molar-refractivity contribution in [1.29, 1.82) is 0 Å². The summed E-state index contributed by atoms with van der Waals surface area (Å²) in [6.07, 6.45) is 6.39. The average molecular weight is 330 g/mol. The molecule has 1 aromatic carbocycles. The summed E-state index contributed by atoms with van der Waals surface area (Å²) in [5.41, 5.74) is 2.42. The number of ether oxygens (including phenoxy) is 1. The van der Waals surface area contributed by atoms with Crippen LogP contribution in [0.25, 0.3) is 10.9 Å². The van der Waals surface area contributed by atoms with Crippen molar-refractivity contribution >= 4 is 24.7 Å². The van der Waals surface area contributed by atoms with Crippen molar-refractivity contribution in [3.8, 4) is 0 Å². The number of fused-ring (bicyclic) bond motifs is 1. The molecule has 0 saturated heterocycles. The van der Waals surface area contributed by atoms with Crippen molar-refractivity contribution in [2.75, 3.05) is 31.5 Å². The second-order valence-electron chi connectivity index (χ2n) is 7.41. The van der Waals surface area contributed by atoms with Crippen LogP contribution in [0.15, 0.2) is 42.7 Å². The topological polar surface area (TPSA) is 31.5 Å². The van der Waals surface area contributed by atoms with E-state index in [1.165, 1.54) is 22.6 Å². The van der Waals surface area contributed by atoms with Crippen LogP contribution in [0.4, 0.5) is 5.69 Å². The number of rotatable bonds is 6. The number of aromatic amines is 1. The van der Waals surface area contributed by atoms with Gasteiger partial charge < -0.3 is 14.6 Å². The van der Waals surface area contributed by atoms with E-state index >= 15 is 0 Å². The van der Waals surface area contributed by atoms with Crippen LogP contribution in [0.3, 0.4) is 0 Å². The largest absolute Gasteiger partial charge is 0.366 e. The molecule has 0 fully saturated rings. The molecule has 2 aromatic rings. The Morgan fingerprint density at radius 3 is 2.91 bits per heavy atom. The van der Waals surface area contributed by atoms with E-state index in [1.807, 2.05) is 6.20 Å². The Bertz CT molecular complexity index is 674. The second kappa shape index (κ2) is 6.91. The lowest BCUT2D eigenvalue weighted by atomic mass is 10.2. The van der Waals surface area contributed by atoms with Crippen LogP contribution in [0.5, 0.6) is 0 Å². The first-order valence-corrected chi connectivity index (χ1v) is 12.0. The van der Waals surface area contributed by atoms with Crippen molar-refractivity contribution in [1.82, 2.24) is 9.88 Å². The first-order chi connectivity index (χ1) is 11.0. The monoisotopic (exact) mass is 329 g/mol. The van der Waals surface area contributed by atoms with Gasteiger partial charge in [-0.2, -0.15) is 0 Å². The Kier molecular flexibility index (Phi) is 4.89. The molecule has 0 bridgehead atoms. The number of anilines is 1. The molecule has 3 rings (SSSR count). The summed E-state index contributed by atoms with van der Waals surface area (Å²) in [6.45, 7) is 10.6. The molecule has 5 heteroatoms. The molecular formula is C18H27N3OSi. The molecule has 2 heterocycles. The van der Waals surface area contributed by atoms with E-state index in [2.05, 4.69) is 71.0 Å². The van der Waals surface area contributed by atoms with Crippen molar-refractivity contribution in [2.45, 2.75) is 25.7 Å². The van der Waals surface area contributed by atoms with Crippen molar-refractivity contribution < 1.29 is 4.74 Å². The number of nitrogens with zero attached hydrogens (tertiary/aromatic N) is 2. The van der Waals surface area contributed by atoms with Gasteiger partial charge in [-0.3, -0.25) is 4.90 Å². The SMILES string of the molecule is C[Si](C)(C)CCOCN1CC=CN(c2cccc3[nH]ccc23)C1. The van der Waals surface area contributed by atoms with E-state index in [0.717, 1.165) is 19.8 Å². The lowest BCUT2D eigenvalue weighted by Gasteiger charge is -2.33. The minimum absolute atomic E-state index is 0.703. The summed E-state index contributed by atoms with van der Waals surface area (Å²) >= 11 is 0. The van der Waals surface area contributed by atoms with Crippen molar-refractivity contribution in [3.05, 3.63) is 42.7 Å². The molecule has 0 radical (unpaired) electrons. The molecule has 1 aliphatic heterocycles. The van der Waals surface area contributed by atoms with E-state index < -0.39 is 8.07 Å². The van der Waals surface area contributed by atoms with Gasteiger partial charge in [-0.05, 0) is 24.2 Å². The molecule has 0 atom stereocenters. The van der Waals surface area contributed by atoms with Gasteiger partial charge in [0.1, 0.15) is 6.73 Å². The highest BCUT2D eigenvalue weighted by Crippen LogP contribution is 2.27. The predicted molar refractivity (Wildman–Crippen MR) is 100 cm³/mol. The van der Waals surface area contributed by atoms with Crippen LogP contribution < -0.4 is 4.90 Å². The minimum atomic E-state index is -1.00. The molecule has 124 valence electrons. The quantitative estimate of drug-likeness (QED) is 0.640. The lowest BCUT2D eigenvalue weighted by Crippen LogP contribution is -2.40. The molecule has 0 unspecified atom stereocenters. The average Bonchev–Trinajstić information content (AvgIpc) is 2.99.